The van der Waals surface area contributed by atoms with Crippen molar-refractivity contribution in [2.45, 2.75) is 38.8 Å². The summed E-state index contributed by atoms with van der Waals surface area (Å²) in [6.45, 7) is 7.67. The lowest BCUT2D eigenvalue weighted by molar-refractivity contribution is -0.140. The van der Waals surface area contributed by atoms with Gasteiger partial charge < -0.3 is 15.4 Å². The van der Waals surface area contributed by atoms with Crippen molar-refractivity contribution in [2.75, 3.05) is 20.2 Å². The van der Waals surface area contributed by atoms with Gasteiger partial charge in [0, 0.05) is 13.2 Å². The zero-order valence-electron chi connectivity index (χ0n) is 10.1. The first kappa shape index (κ1) is 12.5. The van der Waals surface area contributed by atoms with Crippen LogP contribution in [-0.2, 0) is 9.53 Å². The van der Waals surface area contributed by atoms with Crippen LogP contribution >= 0.6 is 0 Å². The van der Waals surface area contributed by atoms with Gasteiger partial charge in [-0.3, -0.25) is 4.79 Å². The van der Waals surface area contributed by atoms with Gasteiger partial charge in [0.2, 0.25) is 0 Å². The summed E-state index contributed by atoms with van der Waals surface area (Å²) in [5, 5.41) is 6.36. The fraction of sp³-hybridized carbons (Fsp3) is 0.909. The second-order valence-corrected chi connectivity index (χ2v) is 4.76. The molecular weight excluding hydrogens is 192 g/mol. The molecule has 0 aromatic rings. The number of ether oxygens (including phenoxy) is 1. The van der Waals surface area contributed by atoms with Gasteiger partial charge in [-0.15, -0.1) is 0 Å². The van der Waals surface area contributed by atoms with Gasteiger partial charge in [0.1, 0.15) is 5.60 Å². The van der Waals surface area contributed by atoms with Crippen molar-refractivity contribution < 1.29 is 9.53 Å². The van der Waals surface area contributed by atoms with Crippen molar-refractivity contribution in [1.29, 1.82) is 0 Å². The molecule has 1 rings (SSSR count). The molecule has 2 atom stereocenters. The molecule has 0 saturated carbocycles. The highest BCUT2D eigenvalue weighted by atomic mass is 16.5. The normalized spacial score (nSPS) is 27.5. The van der Waals surface area contributed by atoms with Gasteiger partial charge in [-0.2, -0.15) is 0 Å². The Bertz CT molecular complexity index is 229. The molecule has 0 aliphatic carbocycles. The first-order valence-electron chi connectivity index (χ1n) is 5.54. The molecule has 1 aliphatic rings. The largest absolute Gasteiger partial charge is 0.369 e. The van der Waals surface area contributed by atoms with E-state index < -0.39 is 5.60 Å². The first-order valence-corrected chi connectivity index (χ1v) is 5.54. The number of hydrogen-bond donors (Lipinski definition) is 2. The lowest BCUT2D eigenvalue weighted by Crippen LogP contribution is -2.53. The maximum absolute atomic E-state index is 11.9. The summed E-state index contributed by atoms with van der Waals surface area (Å²) in [4.78, 5) is 11.9. The Kier molecular flexibility index (Phi) is 4.11. The van der Waals surface area contributed by atoms with Crippen molar-refractivity contribution >= 4 is 5.91 Å². The monoisotopic (exact) mass is 214 g/mol. The molecule has 88 valence electrons. The lowest BCUT2D eigenvalue weighted by atomic mass is 9.94. The average Bonchev–Trinajstić information content (AvgIpc) is 2.21. The van der Waals surface area contributed by atoms with Crippen LogP contribution in [0, 0.1) is 5.92 Å². The Morgan fingerprint density at radius 2 is 2.20 bits per heavy atom. The molecule has 1 heterocycles. The van der Waals surface area contributed by atoms with E-state index in [9.17, 15) is 4.79 Å². The van der Waals surface area contributed by atoms with E-state index in [-0.39, 0.29) is 11.9 Å². The van der Waals surface area contributed by atoms with E-state index in [1.165, 1.54) is 0 Å². The molecule has 4 heteroatoms. The molecule has 1 fully saturated rings. The highest BCUT2D eigenvalue weighted by Crippen LogP contribution is 2.13. The number of hydrogen-bond acceptors (Lipinski definition) is 3. The molecule has 1 saturated heterocycles. The van der Waals surface area contributed by atoms with Crippen LogP contribution in [0.4, 0.5) is 0 Å². The maximum Gasteiger partial charge on any atom is 0.251 e. The third-order valence-electron chi connectivity index (χ3n) is 3.16. The number of amides is 1. The molecule has 4 nitrogen and oxygen atoms in total. The van der Waals surface area contributed by atoms with Crippen molar-refractivity contribution in [3.8, 4) is 0 Å². The highest BCUT2D eigenvalue weighted by molar-refractivity contribution is 5.84. The van der Waals surface area contributed by atoms with Crippen LogP contribution < -0.4 is 10.6 Å². The number of carbonyl (C=O) groups is 1. The van der Waals surface area contributed by atoms with Crippen LogP contribution in [0.25, 0.3) is 0 Å². The SMILES string of the molecule is COC(C)(C)C(=O)NC1CCNCC1C. The van der Waals surface area contributed by atoms with Crippen molar-refractivity contribution in [3.05, 3.63) is 0 Å². The summed E-state index contributed by atoms with van der Waals surface area (Å²) in [6.07, 6.45) is 0.993. The summed E-state index contributed by atoms with van der Waals surface area (Å²) in [6, 6.07) is 0.271. The van der Waals surface area contributed by atoms with Gasteiger partial charge in [-0.05, 0) is 39.3 Å². The standard InChI is InChI=1S/C11H22N2O2/c1-8-7-12-6-5-9(8)13-10(14)11(2,3)15-4/h8-9,12H,5-7H2,1-4H3,(H,13,14). The summed E-state index contributed by atoms with van der Waals surface area (Å²) < 4.78 is 5.15. The van der Waals surface area contributed by atoms with Gasteiger partial charge >= 0.3 is 0 Å². The second kappa shape index (κ2) is 4.94. The van der Waals surface area contributed by atoms with Gasteiger partial charge in [0.15, 0.2) is 0 Å². The number of nitrogens with one attached hydrogen (secondary N) is 2. The van der Waals surface area contributed by atoms with Crippen LogP contribution in [0.2, 0.25) is 0 Å². The van der Waals surface area contributed by atoms with E-state index in [1.807, 2.05) is 0 Å². The second-order valence-electron chi connectivity index (χ2n) is 4.76. The topological polar surface area (TPSA) is 50.4 Å². The van der Waals surface area contributed by atoms with Gasteiger partial charge in [0.05, 0.1) is 0 Å². The van der Waals surface area contributed by atoms with E-state index in [4.69, 9.17) is 4.74 Å². The number of methoxy groups -OCH3 is 1. The molecule has 0 bridgehead atoms. The van der Waals surface area contributed by atoms with Crippen LogP contribution in [0.1, 0.15) is 27.2 Å². The quantitative estimate of drug-likeness (QED) is 0.720. The van der Waals surface area contributed by atoms with Gasteiger partial charge in [-0.1, -0.05) is 6.92 Å². The van der Waals surface area contributed by atoms with Crippen molar-refractivity contribution in [2.24, 2.45) is 5.92 Å². The minimum Gasteiger partial charge on any atom is -0.369 e. The van der Waals surface area contributed by atoms with E-state index in [0.717, 1.165) is 19.5 Å². The molecule has 1 amide bonds. The highest BCUT2D eigenvalue weighted by Gasteiger charge is 2.31. The third-order valence-corrected chi connectivity index (χ3v) is 3.16. The molecule has 0 radical (unpaired) electrons. The van der Waals surface area contributed by atoms with Crippen LogP contribution in [0.5, 0.6) is 0 Å². The van der Waals surface area contributed by atoms with E-state index >= 15 is 0 Å². The predicted octanol–water partition coefficient (Wildman–Crippen LogP) is 0.526. The number of rotatable bonds is 3. The Morgan fingerprint density at radius 3 is 2.73 bits per heavy atom. The molecule has 15 heavy (non-hydrogen) atoms. The molecule has 0 aromatic carbocycles. The van der Waals surface area contributed by atoms with Crippen LogP contribution in [0.15, 0.2) is 0 Å². The van der Waals surface area contributed by atoms with E-state index in [1.54, 1.807) is 21.0 Å². The van der Waals surface area contributed by atoms with Crippen molar-refractivity contribution in [3.63, 3.8) is 0 Å². The Hall–Kier alpha value is -0.610. The zero-order valence-corrected chi connectivity index (χ0v) is 10.1. The minimum absolute atomic E-state index is 0.0243. The minimum atomic E-state index is -0.732. The molecule has 2 N–H and O–H groups in total. The van der Waals surface area contributed by atoms with Crippen molar-refractivity contribution in [1.82, 2.24) is 10.6 Å². The Labute approximate surface area is 91.8 Å². The average molecular weight is 214 g/mol. The first-order chi connectivity index (χ1) is 6.97. The van der Waals surface area contributed by atoms with Crippen LogP contribution in [-0.4, -0.2) is 37.7 Å². The zero-order chi connectivity index (χ0) is 11.5. The number of piperidine rings is 1. The number of carbonyl (C=O) groups excluding carboxylic acids is 1. The van der Waals surface area contributed by atoms with Gasteiger partial charge in [0.25, 0.3) is 5.91 Å². The molecule has 0 aromatic heterocycles. The van der Waals surface area contributed by atoms with Gasteiger partial charge in [-0.25, -0.2) is 0 Å². The molecule has 2 unspecified atom stereocenters. The fourth-order valence-corrected chi connectivity index (χ4v) is 1.66. The smallest absolute Gasteiger partial charge is 0.251 e. The molecule has 1 aliphatic heterocycles. The Morgan fingerprint density at radius 1 is 1.53 bits per heavy atom. The summed E-state index contributed by atoms with van der Waals surface area (Å²) >= 11 is 0. The summed E-state index contributed by atoms with van der Waals surface area (Å²) in [5.74, 6) is 0.458. The third kappa shape index (κ3) is 3.18. The Balaban J connectivity index is 2.50. The summed E-state index contributed by atoms with van der Waals surface area (Å²) in [5.41, 5.74) is -0.732. The summed E-state index contributed by atoms with van der Waals surface area (Å²) in [7, 11) is 1.56. The van der Waals surface area contributed by atoms with E-state index in [0.29, 0.717) is 5.92 Å². The lowest BCUT2D eigenvalue weighted by Gasteiger charge is -2.33. The maximum atomic E-state index is 11.9. The van der Waals surface area contributed by atoms with E-state index in [2.05, 4.69) is 17.6 Å². The molecule has 0 spiro atoms. The predicted molar refractivity (Wildman–Crippen MR) is 59.7 cm³/mol. The fourth-order valence-electron chi connectivity index (χ4n) is 1.66. The molecular formula is C11H22N2O2. The van der Waals surface area contributed by atoms with Crippen LogP contribution in [0.3, 0.4) is 0 Å².